The first kappa shape index (κ1) is 13.4. The Labute approximate surface area is 102 Å². The minimum absolute atomic E-state index is 0.386. The van der Waals surface area contributed by atoms with E-state index >= 15 is 0 Å². The van der Waals surface area contributed by atoms with Gasteiger partial charge in [-0.15, -0.1) is 11.8 Å². The Morgan fingerprint density at radius 1 is 1.25 bits per heavy atom. The van der Waals surface area contributed by atoms with E-state index in [9.17, 15) is 0 Å². The summed E-state index contributed by atoms with van der Waals surface area (Å²) >= 11 is 1.81. The number of hydrogen-bond acceptors (Lipinski definition) is 4. The molecule has 1 aromatic rings. The lowest BCUT2D eigenvalue weighted by molar-refractivity contribution is 0.177. The average Bonchev–Trinajstić information content (AvgIpc) is 2.35. The first-order chi connectivity index (χ1) is 7.80. The second-order valence-corrected chi connectivity index (χ2v) is 4.52. The Morgan fingerprint density at radius 2 is 1.94 bits per heavy atom. The third-order valence-corrected chi connectivity index (χ3v) is 3.46. The van der Waals surface area contributed by atoms with Gasteiger partial charge in [-0.05, 0) is 31.3 Å². The molecule has 0 heterocycles. The minimum atomic E-state index is 0.386. The van der Waals surface area contributed by atoms with Crippen molar-refractivity contribution in [3.05, 3.63) is 24.3 Å². The van der Waals surface area contributed by atoms with Gasteiger partial charge in [-0.2, -0.15) is 0 Å². The Balaban J connectivity index is 2.40. The van der Waals surface area contributed by atoms with Gasteiger partial charge in [0.1, 0.15) is 5.75 Å². The van der Waals surface area contributed by atoms with E-state index in [1.54, 1.807) is 14.2 Å². The molecule has 0 aliphatic carbocycles. The second kappa shape index (κ2) is 7.54. The number of thioether (sulfide) groups is 1. The molecule has 16 heavy (non-hydrogen) atoms. The van der Waals surface area contributed by atoms with Crippen LogP contribution in [0.15, 0.2) is 29.2 Å². The van der Waals surface area contributed by atoms with Crippen LogP contribution in [0.4, 0.5) is 0 Å². The molecule has 0 saturated carbocycles. The molecule has 0 aliphatic rings. The lowest BCUT2D eigenvalue weighted by atomic mass is 10.3. The summed E-state index contributed by atoms with van der Waals surface area (Å²) < 4.78 is 10.2. The lowest BCUT2D eigenvalue weighted by Crippen LogP contribution is -2.32. The van der Waals surface area contributed by atoms with Crippen LogP contribution < -0.4 is 10.1 Å². The quantitative estimate of drug-likeness (QED) is 0.740. The molecular formula is C12H19NO2S. The van der Waals surface area contributed by atoms with Crippen LogP contribution in [0.1, 0.15) is 0 Å². The van der Waals surface area contributed by atoms with Gasteiger partial charge in [-0.1, -0.05) is 0 Å². The summed E-state index contributed by atoms with van der Waals surface area (Å²) in [6.45, 7) is 0.736. The molecule has 0 aliphatic heterocycles. The largest absolute Gasteiger partial charge is 0.497 e. The summed E-state index contributed by atoms with van der Waals surface area (Å²) in [6.07, 6.45) is 0. The van der Waals surface area contributed by atoms with Crippen molar-refractivity contribution < 1.29 is 9.47 Å². The highest BCUT2D eigenvalue weighted by molar-refractivity contribution is 7.99. The molecule has 0 bridgehead atoms. The molecule has 3 nitrogen and oxygen atoms in total. The van der Waals surface area contributed by atoms with E-state index in [4.69, 9.17) is 9.47 Å². The standard InChI is InChI=1S/C12H19NO2S/c1-13-10(8-14-2)9-16-12-6-4-11(15-3)5-7-12/h4-7,10,13H,8-9H2,1-3H3. The molecule has 4 heteroatoms. The van der Waals surface area contributed by atoms with Crippen molar-refractivity contribution in [3.8, 4) is 5.75 Å². The highest BCUT2D eigenvalue weighted by Gasteiger charge is 2.05. The smallest absolute Gasteiger partial charge is 0.118 e. The predicted octanol–water partition coefficient (Wildman–Crippen LogP) is 2.02. The van der Waals surface area contributed by atoms with Crippen molar-refractivity contribution in [3.63, 3.8) is 0 Å². The number of benzene rings is 1. The van der Waals surface area contributed by atoms with Gasteiger partial charge in [0.15, 0.2) is 0 Å². The zero-order chi connectivity index (χ0) is 11.8. The van der Waals surface area contributed by atoms with E-state index < -0.39 is 0 Å². The van der Waals surface area contributed by atoms with Crippen LogP contribution in [0.3, 0.4) is 0 Å². The SMILES string of the molecule is CNC(COC)CSc1ccc(OC)cc1. The van der Waals surface area contributed by atoms with Gasteiger partial charge in [0.2, 0.25) is 0 Å². The number of nitrogens with one attached hydrogen (secondary N) is 1. The van der Waals surface area contributed by atoms with Gasteiger partial charge in [0.05, 0.1) is 13.7 Å². The van der Waals surface area contributed by atoms with Crippen molar-refractivity contribution in [1.29, 1.82) is 0 Å². The maximum atomic E-state index is 5.12. The molecule has 1 N–H and O–H groups in total. The Hall–Kier alpha value is -0.710. The van der Waals surface area contributed by atoms with Crippen molar-refractivity contribution in [2.45, 2.75) is 10.9 Å². The second-order valence-electron chi connectivity index (χ2n) is 3.43. The number of ether oxygens (including phenoxy) is 2. The van der Waals surface area contributed by atoms with Gasteiger partial charge in [0, 0.05) is 23.8 Å². The Kier molecular flexibility index (Phi) is 6.30. The summed E-state index contributed by atoms with van der Waals surface area (Å²) in [4.78, 5) is 1.25. The third-order valence-electron chi connectivity index (χ3n) is 2.29. The number of hydrogen-bond donors (Lipinski definition) is 1. The van der Waals surface area contributed by atoms with Crippen LogP contribution in [0.25, 0.3) is 0 Å². The summed E-state index contributed by atoms with van der Waals surface area (Å²) in [5, 5.41) is 3.23. The summed E-state index contributed by atoms with van der Waals surface area (Å²) in [6, 6.07) is 8.49. The normalized spacial score (nSPS) is 12.4. The fourth-order valence-electron chi connectivity index (χ4n) is 1.28. The average molecular weight is 241 g/mol. The van der Waals surface area contributed by atoms with Crippen LogP contribution in [0.5, 0.6) is 5.75 Å². The maximum absolute atomic E-state index is 5.12. The van der Waals surface area contributed by atoms with Crippen molar-refractivity contribution in [2.24, 2.45) is 0 Å². The zero-order valence-electron chi connectivity index (χ0n) is 10.0. The predicted molar refractivity (Wildman–Crippen MR) is 68.4 cm³/mol. The maximum Gasteiger partial charge on any atom is 0.118 e. The van der Waals surface area contributed by atoms with Gasteiger partial charge in [-0.3, -0.25) is 0 Å². The molecule has 1 rings (SSSR count). The first-order valence-corrected chi connectivity index (χ1v) is 6.21. The monoisotopic (exact) mass is 241 g/mol. The fourth-order valence-corrected chi connectivity index (χ4v) is 2.27. The third kappa shape index (κ3) is 4.43. The van der Waals surface area contributed by atoms with E-state index in [2.05, 4.69) is 17.4 Å². The van der Waals surface area contributed by atoms with E-state index in [0.717, 1.165) is 18.1 Å². The number of rotatable bonds is 7. The van der Waals surface area contributed by atoms with Gasteiger partial charge < -0.3 is 14.8 Å². The number of likely N-dealkylation sites (N-methyl/N-ethyl adjacent to an activating group) is 1. The van der Waals surface area contributed by atoms with Crippen LogP contribution >= 0.6 is 11.8 Å². The summed E-state index contributed by atoms with van der Waals surface area (Å²) in [7, 11) is 5.36. The van der Waals surface area contributed by atoms with E-state index in [0.29, 0.717) is 6.04 Å². The molecule has 0 aromatic heterocycles. The zero-order valence-corrected chi connectivity index (χ0v) is 10.8. The van der Waals surface area contributed by atoms with Crippen LogP contribution in [-0.2, 0) is 4.74 Å². The topological polar surface area (TPSA) is 30.5 Å². The molecule has 1 aromatic carbocycles. The molecule has 0 spiro atoms. The van der Waals surface area contributed by atoms with Crippen molar-refractivity contribution >= 4 is 11.8 Å². The Bertz CT molecular complexity index is 290. The van der Waals surface area contributed by atoms with Crippen LogP contribution in [0, 0.1) is 0 Å². The van der Waals surface area contributed by atoms with Crippen molar-refractivity contribution in [1.82, 2.24) is 5.32 Å². The molecule has 1 atom stereocenters. The molecule has 0 amide bonds. The Morgan fingerprint density at radius 3 is 2.44 bits per heavy atom. The van der Waals surface area contributed by atoms with E-state index in [1.165, 1.54) is 4.90 Å². The summed E-state index contributed by atoms with van der Waals surface area (Å²) in [5.41, 5.74) is 0. The van der Waals surface area contributed by atoms with Gasteiger partial charge in [0.25, 0.3) is 0 Å². The minimum Gasteiger partial charge on any atom is -0.497 e. The van der Waals surface area contributed by atoms with Crippen LogP contribution in [-0.4, -0.2) is 39.7 Å². The number of methoxy groups -OCH3 is 2. The highest BCUT2D eigenvalue weighted by Crippen LogP contribution is 2.21. The lowest BCUT2D eigenvalue weighted by Gasteiger charge is -2.14. The highest BCUT2D eigenvalue weighted by atomic mass is 32.2. The molecule has 90 valence electrons. The molecule has 1 unspecified atom stereocenters. The van der Waals surface area contributed by atoms with E-state index in [-0.39, 0.29) is 0 Å². The van der Waals surface area contributed by atoms with Gasteiger partial charge >= 0.3 is 0 Å². The van der Waals surface area contributed by atoms with Crippen LogP contribution in [0.2, 0.25) is 0 Å². The summed E-state index contributed by atoms with van der Waals surface area (Å²) in [5.74, 6) is 1.89. The van der Waals surface area contributed by atoms with Gasteiger partial charge in [-0.25, -0.2) is 0 Å². The van der Waals surface area contributed by atoms with Crippen molar-refractivity contribution in [2.75, 3.05) is 33.6 Å². The van der Waals surface area contributed by atoms with E-state index in [1.807, 2.05) is 30.9 Å². The molecular weight excluding hydrogens is 222 g/mol. The molecule has 0 fully saturated rings. The first-order valence-electron chi connectivity index (χ1n) is 5.23. The molecule has 0 saturated heterocycles. The molecule has 0 radical (unpaired) electrons. The fraction of sp³-hybridized carbons (Fsp3) is 0.500.